The highest BCUT2D eigenvalue weighted by Gasteiger charge is 2.32. The van der Waals surface area contributed by atoms with Gasteiger partial charge in [0.1, 0.15) is 6.04 Å². The minimum atomic E-state index is -3.67. The van der Waals surface area contributed by atoms with E-state index in [1.54, 1.807) is 37.3 Å². The van der Waals surface area contributed by atoms with Crippen molar-refractivity contribution >= 4 is 38.9 Å². The lowest BCUT2D eigenvalue weighted by Crippen LogP contribution is -2.47. The number of nitrogens with one attached hydrogen (secondary N) is 1. The first-order valence-corrected chi connectivity index (χ1v) is 10.5. The van der Waals surface area contributed by atoms with E-state index in [-0.39, 0.29) is 0 Å². The minimum absolute atomic E-state index is 0.326. The normalized spacial score (nSPS) is 12.5. The van der Waals surface area contributed by atoms with E-state index in [0.29, 0.717) is 22.8 Å². The molecule has 0 aromatic heterocycles. The Balaban J connectivity index is 2.44. The van der Waals surface area contributed by atoms with Crippen LogP contribution in [0.15, 0.2) is 42.5 Å². The van der Waals surface area contributed by atoms with Crippen molar-refractivity contribution in [1.82, 2.24) is 0 Å². The van der Waals surface area contributed by atoms with Gasteiger partial charge in [0.25, 0.3) is 0 Å². The summed E-state index contributed by atoms with van der Waals surface area (Å²) in [4.78, 5) is 12.9. The van der Waals surface area contributed by atoms with Crippen LogP contribution in [0.1, 0.15) is 24.5 Å². The molecule has 2 aromatic rings. The zero-order chi connectivity index (χ0) is 19.5. The second-order valence-corrected chi connectivity index (χ2v) is 8.57. The van der Waals surface area contributed by atoms with Crippen LogP contribution in [0, 0.1) is 13.8 Å². The third-order valence-corrected chi connectivity index (χ3v) is 5.42. The fourth-order valence-corrected chi connectivity index (χ4v) is 4.24. The molecule has 1 atom stereocenters. The van der Waals surface area contributed by atoms with Crippen molar-refractivity contribution in [2.75, 3.05) is 15.9 Å². The van der Waals surface area contributed by atoms with E-state index < -0.39 is 22.0 Å². The van der Waals surface area contributed by atoms with Gasteiger partial charge in [-0.3, -0.25) is 9.10 Å². The van der Waals surface area contributed by atoms with E-state index in [9.17, 15) is 13.2 Å². The van der Waals surface area contributed by atoms with Crippen LogP contribution in [-0.2, 0) is 14.8 Å². The number of carbonyl (C=O) groups is 1. The van der Waals surface area contributed by atoms with Gasteiger partial charge >= 0.3 is 0 Å². The largest absolute Gasteiger partial charge is 0.324 e. The molecule has 5 nitrogen and oxygen atoms in total. The van der Waals surface area contributed by atoms with Crippen LogP contribution in [0.25, 0.3) is 0 Å². The Kier molecular flexibility index (Phi) is 6.31. The van der Waals surface area contributed by atoms with E-state index in [0.717, 1.165) is 17.4 Å². The second kappa shape index (κ2) is 8.10. The molecule has 0 saturated heterocycles. The van der Waals surface area contributed by atoms with Crippen molar-refractivity contribution < 1.29 is 13.2 Å². The molecule has 140 valence electrons. The van der Waals surface area contributed by atoms with Crippen LogP contribution < -0.4 is 9.62 Å². The summed E-state index contributed by atoms with van der Waals surface area (Å²) in [5, 5.41) is 3.25. The summed E-state index contributed by atoms with van der Waals surface area (Å²) in [6.07, 6.45) is 1.44. The minimum Gasteiger partial charge on any atom is -0.324 e. The van der Waals surface area contributed by atoms with Crippen LogP contribution in [0.4, 0.5) is 11.4 Å². The molecule has 0 aliphatic carbocycles. The van der Waals surface area contributed by atoms with Gasteiger partial charge in [-0.05, 0) is 55.7 Å². The molecule has 1 amide bonds. The highest BCUT2D eigenvalue weighted by Crippen LogP contribution is 2.28. The first-order chi connectivity index (χ1) is 12.1. The maximum absolute atomic E-state index is 12.9. The molecule has 0 bridgehead atoms. The summed E-state index contributed by atoms with van der Waals surface area (Å²) in [7, 11) is -3.67. The zero-order valence-electron chi connectivity index (χ0n) is 15.3. The summed E-state index contributed by atoms with van der Waals surface area (Å²) >= 11 is 5.95. The van der Waals surface area contributed by atoms with Gasteiger partial charge in [-0.2, -0.15) is 0 Å². The molecule has 2 rings (SSSR count). The molecule has 0 saturated carbocycles. The number of carbonyl (C=O) groups excluding carboxylic acids is 1. The molecular formula is C19H23ClN2O3S. The Hall–Kier alpha value is -2.05. The number of aryl methyl sites for hydroxylation is 2. The number of halogens is 1. The quantitative estimate of drug-likeness (QED) is 0.800. The average molecular weight is 395 g/mol. The number of benzene rings is 2. The van der Waals surface area contributed by atoms with Gasteiger partial charge in [-0.1, -0.05) is 36.7 Å². The van der Waals surface area contributed by atoms with Crippen LogP contribution in [-0.4, -0.2) is 26.6 Å². The molecule has 0 aliphatic rings. The van der Waals surface area contributed by atoms with Crippen LogP contribution in [0.3, 0.4) is 0 Å². The summed E-state index contributed by atoms with van der Waals surface area (Å²) < 4.78 is 26.3. The lowest BCUT2D eigenvalue weighted by Gasteiger charge is -2.31. The van der Waals surface area contributed by atoms with Crippen molar-refractivity contribution in [2.24, 2.45) is 0 Å². The topological polar surface area (TPSA) is 66.5 Å². The van der Waals surface area contributed by atoms with Gasteiger partial charge in [-0.15, -0.1) is 0 Å². The van der Waals surface area contributed by atoms with Crippen molar-refractivity contribution in [3.63, 3.8) is 0 Å². The maximum Gasteiger partial charge on any atom is 0.248 e. The molecule has 0 fully saturated rings. The van der Waals surface area contributed by atoms with Crippen molar-refractivity contribution in [2.45, 2.75) is 33.2 Å². The standard InChI is InChI=1S/C19H23ClN2O3S/c1-5-17(19(23)21-16-8-6-7-15(20)12-16)22(26(4,24)25)18-11-13(2)9-10-14(18)3/h6-12,17H,5H2,1-4H3,(H,21,23). The Morgan fingerprint density at radius 3 is 2.46 bits per heavy atom. The van der Waals surface area contributed by atoms with Gasteiger partial charge in [-0.25, -0.2) is 8.42 Å². The van der Waals surface area contributed by atoms with E-state index in [4.69, 9.17) is 11.6 Å². The monoisotopic (exact) mass is 394 g/mol. The predicted octanol–water partition coefficient (Wildman–Crippen LogP) is 4.14. The molecule has 26 heavy (non-hydrogen) atoms. The Labute approximate surface area is 160 Å². The van der Waals surface area contributed by atoms with E-state index in [2.05, 4.69) is 5.32 Å². The summed E-state index contributed by atoms with van der Waals surface area (Å²) in [5.41, 5.74) is 2.75. The fraction of sp³-hybridized carbons (Fsp3) is 0.316. The van der Waals surface area contributed by atoms with E-state index in [1.165, 1.54) is 4.31 Å². The first kappa shape index (κ1) is 20.3. The number of rotatable bonds is 6. The van der Waals surface area contributed by atoms with E-state index in [1.807, 2.05) is 26.0 Å². The van der Waals surface area contributed by atoms with Gasteiger partial charge in [0.2, 0.25) is 15.9 Å². The Morgan fingerprint density at radius 2 is 1.88 bits per heavy atom. The molecule has 7 heteroatoms. The Morgan fingerprint density at radius 1 is 1.19 bits per heavy atom. The number of hydrogen-bond donors (Lipinski definition) is 1. The highest BCUT2D eigenvalue weighted by molar-refractivity contribution is 7.92. The fourth-order valence-electron chi connectivity index (χ4n) is 2.78. The molecule has 0 aliphatic heterocycles. The van der Waals surface area contributed by atoms with Crippen LogP contribution >= 0.6 is 11.6 Å². The summed E-state index contributed by atoms with van der Waals surface area (Å²) in [6.45, 7) is 5.50. The predicted molar refractivity (Wildman–Crippen MR) is 107 cm³/mol. The van der Waals surface area contributed by atoms with Crippen molar-refractivity contribution in [3.05, 3.63) is 58.6 Å². The van der Waals surface area contributed by atoms with Crippen LogP contribution in [0.5, 0.6) is 0 Å². The molecule has 1 unspecified atom stereocenters. The number of sulfonamides is 1. The SMILES string of the molecule is CCC(C(=O)Nc1cccc(Cl)c1)N(c1cc(C)ccc1C)S(C)(=O)=O. The van der Waals surface area contributed by atoms with E-state index >= 15 is 0 Å². The van der Waals surface area contributed by atoms with Crippen molar-refractivity contribution in [3.8, 4) is 0 Å². The highest BCUT2D eigenvalue weighted by atomic mass is 35.5. The molecule has 1 N–H and O–H groups in total. The van der Waals surface area contributed by atoms with Gasteiger partial charge in [0.15, 0.2) is 0 Å². The number of amides is 1. The first-order valence-electron chi connectivity index (χ1n) is 8.26. The lowest BCUT2D eigenvalue weighted by molar-refractivity contribution is -0.117. The summed E-state index contributed by atoms with van der Waals surface area (Å²) in [5.74, 6) is -0.402. The molecule has 2 aromatic carbocycles. The second-order valence-electron chi connectivity index (χ2n) is 6.27. The van der Waals surface area contributed by atoms with Gasteiger partial charge in [0, 0.05) is 10.7 Å². The third-order valence-electron chi connectivity index (χ3n) is 4.02. The number of anilines is 2. The zero-order valence-corrected chi connectivity index (χ0v) is 16.9. The summed E-state index contributed by atoms with van der Waals surface area (Å²) in [6, 6.07) is 11.4. The van der Waals surface area contributed by atoms with Gasteiger partial charge in [0.05, 0.1) is 11.9 Å². The molecule has 0 heterocycles. The average Bonchev–Trinajstić information content (AvgIpc) is 2.53. The maximum atomic E-state index is 12.9. The Bertz CT molecular complexity index is 913. The van der Waals surface area contributed by atoms with Crippen LogP contribution in [0.2, 0.25) is 5.02 Å². The molecule has 0 spiro atoms. The number of hydrogen-bond acceptors (Lipinski definition) is 3. The van der Waals surface area contributed by atoms with Crippen molar-refractivity contribution in [1.29, 1.82) is 0 Å². The number of nitrogens with zero attached hydrogens (tertiary/aromatic N) is 1. The lowest BCUT2D eigenvalue weighted by atomic mass is 10.1. The third kappa shape index (κ3) is 4.77. The molecular weight excluding hydrogens is 372 g/mol. The molecule has 0 radical (unpaired) electrons. The van der Waals surface area contributed by atoms with Gasteiger partial charge < -0.3 is 5.32 Å². The smallest absolute Gasteiger partial charge is 0.248 e.